The molecule has 0 aliphatic rings. The van der Waals surface area contributed by atoms with E-state index in [1.54, 1.807) is 20.8 Å². The van der Waals surface area contributed by atoms with Crippen LogP contribution in [0.25, 0.3) is 11.1 Å². The summed E-state index contributed by atoms with van der Waals surface area (Å²) in [6.07, 6.45) is 0. The minimum atomic E-state index is -0.980. The number of ether oxygens (including phenoxy) is 2. The van der Waals surface area contributed by atoms with Crippen LogP contribution in [0.4, 0.5) is 0 Å². The van der Waals surface area contributed by atoms with E-state index in [1.165, 1.54) is 0 Å². The Labute approximate surface area is 136 Å². The second-order valence-electron chi connectivity index (χ2n) is 6.14. The standard InChI is InChI=1S/C19H20O4/c1-19(2,3)23-18(21)17(20)22-13-14-9-11-16(12-10-14)15-7-5-4-6-8-15/h4-12H,13H2,1-3H3. The van der Waals surface area contributed by atoms with Crippen molar-refractivity contribution >= 4 is 11.9 Å². The predicted molar refractivity (Wildman–Crippen MR) is 87.5 cm³/mol. The largest absolute Gasteiger partial charge is 0.452 e. The summed E-state index contributed by atoms with van der Waals surface area (Å²) in [4.78, 5) is 23.1. The van der Waals surface area contributed by atoms with Gasteiger partial charge >= 0.3 is 11.9 Å². The molecule has 4 nitrogen and oxygen atoms in total. The van der Waals surface area contributed by atoms with Crippen molar-refractivity contribution in [2.24, 2.45) is 0 Å². The summed E-state index contributed by atoms with van der Waals surface area (Å²) in [6, 6.07) is 17.6. The molecule has 0 radical (unpaired) electrons. The van der Waals surface area contributed by atoms with Crippen LogP contribution in [0.15, 0.2) is 54.6 Å². The summed E-state index contributed by atoms with van der Waals surface area (Å²) in [5, 5.41) is 0. The van der Waals surface area contributed by atoms with E-state index in [0.29, 0.717) is 0 Å². The van der Waals surface area contributed by atoms with Crippen LogP contribution in [0.1, 0.15) is 26.3 Å². The van der Waals surface area contributed by atoms with Gasteiger partial charge in [-0.3, -0.25) is 0 Å². The van der Waals surface area contributed by atoms with Crippen molar-refractivity contribution in [3.8, 4) is 11.1 Å². The van der Waals surface area contributed by atoms with E-state index in [2.05, 4.69) is 0 Å². The summed E-state index contributed by atoms with van der Waals surface area (Å²) in [5.41, 5.74) is 2.28. The topological polar surface area (TPSA) is 52.6 Å². The molecule has 0 saturated carbocycles. The molecule has 0 saturated heterocycles. The van der Waals surface area contributed by atoms with Gasteiger partial charge in [-0.25, -0.2) is 9.59 Å². The molecule has 0 fully saturated rings. The van der Waals surface area contributed by atoms with Gasteiger partial charge in [0, 0.05) is 0 Å². The first-order chi connectivity index (χ1) is 10.8. The van der Waals surface area contributed by atoms with Crippen LogP contribution in [-0.4, -0.2) is 17.5 Å². The van der Waals surface area contributed by atoms with E-state index in [1.807, 2.05) is 54.6 Å². The molecule has 4 heteroatoms. The molecule has 120 valence electrons. The van der Waals surface area contributed by atoms with Crippen LogP contribution in [0.3, 0.4) is 0 Å². The third-order valence-electron chi connectivity index (χ3n) is 3.00. The zero-order valence-electron chi connectivity index (χ0n) is 13.5. The number of benzene rings is 2. The van der Waals surface area contributed by atoms with Crippen molar-refractivity contribution in [2.45, 2.75) is 33.0 Å². The molecule has 2 aromatic rings. The second kappa shape index (κ2) is 7.09. The van der Waals surface area contributed by atoms with E-state index in [-0.39, 0.29) is 6.61 Å². The normalized spacial score (nSPS) is 10.9. The van der Waals surface area contributed by atoms with Gasteiger partial charge in [0.05, 0.1) is 0 Å². The third-order valence-corrected chi connectivity index (χ3v) is 3.00. The highest BCUT2D eigenvalue weighted by molar-refractivity contribution is 6.29. The Morgan fingerprint density at radius 3 is 1.96 bits per heavy atom. The lowest BCUT2D eigenvalue weighted by Crippen LogP contribution is -2.30. The van der Waals surface area contributed by atoms with Gasteiger partial charge < -0.3 is 9.47 Å². The van der Waals surface area contributed by atoms with Gasteiger partial charge in [0.1, 0.15) is 12.2 Å². The van der Waals surface area contributed by atoms with Gasteiger partial charge in [-0.1, -0.05) is 54.6 Å². The van der Waals surface area contributed by atoms with E-state index in [9.17, 15) is 9.59 Å². The fourth-order valence-electron chi connectivity index (χ4n) is 1.95. The number of carbonyl (C=O) groups is 2. The SMILES string of the molecule is CC(C)(C)OC(=O)C(=O)OCc1ccc(-c2ccccc2)cc1. The van der Waals surface area contributed by atoms with Crippen LogP contribution in [0.5, 0.6) is 0 Å². The van der Waals surface area contributed by atoms with Gasteiger partial charge in [0.25, 0.3) is 0 Å². The summed E-state index contributed by atoms with van der Waals surface area (Å²) < 4.78 is 9.92. The Hall–Kier alpha value is -2.62. The minimum Gasteiger partial charge on any atom is -0.452 e. The summed E-state index contributed by atoms with van der Waals surface area (Å²) >= 11 is 0. The lowest BCUT2D eigenvalue weighted by atomic mass is 10.0. The molecule has 0 spiro atoms. The molecule has 2 rings (SSSR count). The Bertz CT molecular complexity index is 667. The second-order valence-corrected chi connectivity index (χ2v) is 6.14. The van der Waals surface area contributed by atoms with Gasteiger partial charge in [-0.15, -0.1) is 0 Å². The van der Waals surface area contributed by atoms with Crippen molar-refractivity contribution in [2.75, 3.05) is 0 Å². The molecule has 0 unspecified atom stereocenters. The van der Waals surface area contributed by atoms with Crippen LogP contribution in [0, 0.1) is 0 Å². The molecule has 2 aromatic carbocycles. The highest BCUT2D eigenvalue weighted by Gasteiger charge is 2.24. The zero-order valence-corrected chi connectivity index (χ0v) is 13.5. The van der Waals surface area contributed by atoms with Crippen molar-refractivity contribution in [3.05, 3.63) is 60.2 Å². The van der Waals surface area contributed by atoms with E-state index >= 15 is 0 Å². The number of esters is 2. The quantitative estimate of drug-likeness (QED) is 0.640. The molecule has 23 heavy (non-hydrogen) atoms. The fraction of sp³-hybridized carbons (Fsp3) is 0.263. The number of hydrogen-bond acceptors (Lipinski definition) is 4. The predicted octanol–water partition coefficient (Wildman–Crippen LogP) is 3.74. The smallest absolute Gasteiger partial charge is 0.418 e. The van der Waals surface area contributed by atoms with Crippen LogP contribution in [0.2, 0.25) is 0 Å². The first-order valence-corrected chi connectivity index (χ1v) is 7.39. The van der Waals surface area contributed by atoms with Gasteiger partial charge in [0.2, 0.25) is 0 Å². The monoisotopic (exact) mass is 312 g/mol. The van der Waals surface area contributed by atoms with Gasteiger partial charge in [-0.2, -0.15) is 0 Å². The lowest BCUT2D eigenvalue weighted by Gasteiger charge is -2.18. The molecule has 0 aliphatic heterocycles. The molecule has 0 heterocycles. The maximum atomic E-state index is 11.6. The molecule has 0 amide bonds. The number of rotatable bonds is 3. The van der Waals surface area contributed by atoms with Crippen LogP contribution < -0.4 is 0 Å². The van der Waals surface area contributed by atoms with Crippen molar-refractivity contribution in [3.63, 3.8) is 0 Å². The summed E-state index contributed by atoms with van der Waals surface area (Å²) in [6.45, 7) is 5.12. The maximum absolute atomic E-state index is 11.6. The first kappa shape index (κ1) is 16.7. The summed E-state index contributed by atoms with van der Waals surface area (Å²) in [7, 11) is 0. The summed E-state index contributed by atoms with van der Waals surface area (Å²) in [5.74, 6) is -1.95. The Balaban J connectivity index is 1.92. The average molecular weight is 312 g/mol. The van der Waals surface area contributed by atoms with E-state index in [0.717, 1.165) is 16.7 Å². The van der Waals surface area contributed by atoms with Crippen LogP contribution in [-0.2, 0) is 25.7 Å². The molecule has 0 bridgehead atoms. The van der Waals surface area contributed by atoms with Gasteiger partial charge in [-0.05, 0) is 37.5 Å². The molecular weight excluding hydrogens is 292 g/mol. The first-order valence-electron chi connectivity index (χ1n) is 7.39. The number of carbonyl (C=O) groups excluding carboxylic acids is 2. The maximum Gasteiger partial charge on any atom is 0.418 e. The highest BCUT2D eigenvalue weighted by Crippen LogP contribution is 2.19. The molecule has 0 atom stereocenters. The molecular formula is C19H20O4. The molecule has 0 aliphatic carbocycles. The number of hydrogen-bond donors (Lipinski definition) is 0. The van der Waals surface area contributed by atoms with Crippen molar-refractivity contribution < 1.29 is 19.1 Å². The van der Waals surface area contributed by atoms with Crippen LogP contribution >= 0.6 is 0 Å². The van der Waals surface area contributed by atoms with E-state index < -0.39 is 17.5 Å². The minimum absolute atomic E-state index is 0.0349. The molecule has 0 N–H and O–H groups in total. The van der Waals surface area contributed by atoms with Gasteiger partial charge in [0.15, 0.2) is 0 Å². The molecule has 0 aromatic heterocycles. The van der Waals surface area contributed by atoms with E-state index in [4.69, 9.17) is 9.47 Å². The fourth-order valence-corrected chi connectivity index (χ4v) is 1.95. The van der Waals surface area contributed by atoms with Crippen molar-refractivity contribution in [1.29, 1.82) is 0 Å². The Kier molecular flexibility index (Phi) is 5.16. The van der Waals surface area contributed by atoms with Crippen molar-refractivity contribution in [1.82, 2.24) is 0 Å². The highest BCUT2D eigenvalue weighted by atomic mass is 16.6. The lowest BCUT2D eigenvalue weighted by molar-refractivity contribution is -0.175. The zero-order chi connectivity index (χ0) is 16.9. The average Bonchev–Trinajstić information content (AvgIpc) is 2.52. The Morgan fingerprint density at radius 2 is 1.39 bits per heavy atom. The Morgan fingerprint density at radius 1 is 0.826 bits per heavy atom. The third kappa shape index (κ3) is 5.25.